The minimum Gasteiger partial charge on any atom is -0.457 e. The Morgan fingerprint density at radius 2 is 0.938 bits per heavy atom. The van der Waals surface area contributed by atoms with Gasteiger partial charge in [0.15, 0.2) is 0 Å². The van der Waals surface area contributed by atoms with Crippen molar-refractivity contribution in [3.05, 3.63) is 48.6 Å². The van der Waals surface area contributed by atoms with E-state index in [2.05, 4.69) is 62.5 Å². The Hall–Kier alpha value is -1.65. The molecule has 0 aromatic heterocycles. The van der Waals surface area contributed by atoms with Gasteiger partial charge in [-0.05, 0) is 70.6 Å². The summed E-state index contributed by atoms with van der Waals surface area (Å²) in [5.74, 6) is -0.212. The maximum atomic E-state index is 12.2. The Balaban J connectivity index is 3.45. The normalized spacial score (nSPS) is 12.8. The molecule has 0 saturated carbocycles. The molecule has 1 unspecified atom stereocenters. The van der Waals surface area contributed by atoms with Crippen LogP contribution in [0, 0.1) is 0 Å². The van der Waals surface area contributed by atoms with Crippen molar-refractivity contribution in [3.8, 4) is 0 Å². The molecule has 1 N–H and O–H groups in total. The number of carbonyl (C=O) groups excluding carboxylic acids is 1. The van der Waals surface area contributed by atoms with Gasteiger partial charge in [0.05, 0.1) is 13.2 Å². The molecule has 0 radical (unpaired) electrons. The highest BCUT2D eigenvalue weighted by Gasteiger charge is 2.13. The average Bonchev–Trinajstić information content (AvgIpc) is 3.09. The van der Waals surface area contributed by atoms with Gasteiger partial charge in [0.25, 0.3) is 0 Å². The van der Waals surface area contributed by atoms with E-state index in [9.17, 15) is 9.90 Å². The van der Waals surface area contributed by atoms with E-state index in [1.54, 1.807) is 0 Å². The first kappa shape index (κ1) is 46.4. The van der Waals surface area contributed by atoms with Crippen LogP contribution in [0.4, 0.5) is 0 Å². The number of unbranched alkanes of at least 4 members (excludes halogenated alkanes) is 22. The number of rotatable bonds is 38. The monoisotopic (exact) mass is 673 g/mol. The van der Waals surface area contributed by atoms with Gasteiger partial charge in [0.1, 0.15) is 6.10 Å². The molecule has 0 amide bonds. The van der Waals surface area contributed by atoms with Crippen molar-refractivity contribution in [2.24, 2.45) is 0 Å². The average molecular weight is 673 g/mol. The van der Waals surface area contributed by atoms with Crippen LogP contribution in [0.3, 0.4) is 0 Å². The molecule has 4 heteroatoms. The SMILES string of the molecule is CC/C=C\C/C=C\C/C=C\CCCCCCCCCC(=O)OC(CO)COCCCCCCCCCC/C=C\CCCCCCCCC. The minimum absolute atomic E-state index is 0.177. The molecule has 0 aliphatic carbocycles. The maximum absolute atomic E-state index is 12.2. The van der Waals surface area contributed by atoms with Crippen LogP contribution in [0.5, 0.6) is 0 Å². The van der Waals surface area contributed by atoms with Gasteiger partial charge in [-0.2, -0.15) is 0 Å². The van der Waals surface area contributed by atoms with Crippen molar-refractivity contribution < 1.29 is 19.4 Å². The minimum atomic E-state index is -0.541. The van der Waals surface area contributed by atoms with E-state index in [0.717, 1.165) is 38.5 Å². The number of allylic oxidation sites excluding steroid dienone is 8. The highest BCUT2D eigenvalue weighted by atomic mass is 16.6. The summed E-state index contributed by atoms with van der Waals surface area (Å²) in [4.78, 5) is 12.2. The molecule has 0 aromatic carbocycles. The van der Waals surface area contributed by atoms with E-state index in [-0.39, 0.29) is 19.2 Å². The van der Waals surface area contributed by atoms with Crippen LogP contribution < -0.4 is 0 Å². The second-order valence-corrected chi connectivity index (χ2v) is 13.7. The number of esters is 1. The molecule has 0 aliphatic heterocycles. The summed E-state index contributed by atoms with van der Waals surface area (Å²) in [5.41, 5.74) is 0. The van der Waals surface area contributed by atoms with Crippen molar-refractivity contribution in [1.29, 1.82) is 0 Å². The van der Waals surface area contributed by atoms with Gasteiger partial charge in [-0.25, -0.2) is 0 Å². The number of aliphatic hydroxyl groups excluding tert-OH is 1. The lowest BCUT2D eigenvalue weighted by Gasteiger charge is -2.16. The third-order valence-electron chi connectivity index (χ3n) is 8.89. The first-order valence-corrected chi connectivity index (χ1v) is 20.7. The molecular formula is C44H80O4. The third kappa shape index (κ3) is 38.8. The molecule has 0 saturated heterocycles. The van der Waals surface area contributed by atoms with Crippen LogP contribution in [0.1, 0.15) is 200 Å². The second-order valence-electron chi connectivity index (χ2n) is 13.7. The van der Waals surface area contributed by atoms with Crippen molar-refractivity contribution in [1.82, 2.24) is 0 Å². The van der Waals surface area contributed by atoms with Gasteiger partial charge in [0, 0.05) is 13.0 Å². The van der Waals surface area contributed by atoms with Crippen molar-refractivity contribution >= 4 is 5.97 Å². The molecule has 1 atom stereocenters. The van der Waals surface area contributed by atoms with E-state index < -0.39 is 6.10 Å². The molecule has 0 aromatic rings. The summed E-state index contributed by atoms with van der Waals surface area (Å²) in [6.07, 6.45) is 53.1. The van der Waals surface area contributed by atoms with Gasteiger partial charge in [-0.3, -0.25) is 4.79 Å². The van der Waals surface area contributed by atoms with Gasteiger partial charge in [-0.15, -0.1) is 0 Å². The Kier molecular flexibility index (Phi) is 40.1. The van der Waals surface area contributed by atoms with E-state index in [1.807, 2.05) is 0 Å². The largest absolute Gasteiger partial charge is 0.457 e. The molecule has 4 nitrogen and oxygen atoms in total. The van der Waals surface area contributed by atoms with E-state index >= 15 is 0 Å². The number of aliphatic hydroxyl groups is 1. The molecule has 0 heterocycles. The van der Waals surface area contributed by atoms with Gasteiger partial charge < -0.3 is 14.6 Å². The molecular weight excluding hydrogens is 592 g/mol. The maximum Gasteiger partial charge on any atom is 0.306 e. The lowest BCUT2D eigenvalue weighted by atomic mass is 10.1. The summed E-state index contributed by atoms with van der Waals surface area (Å²) < 4.78 is 11.1. The highest BCUT2D eigenvalue weighted by molar-refractivity contribution is 5.69. The second kappa shape index (κ2) is 41.5. The third-order valence-corrected chi connectivity index (χ3v) is 8.89. The quantitative estimate of drug-likeness (QED) is 0.0403. The first-order chi connectivity index (χ1) is 23.7. The summed E-state index contributed by atoms with van der Waals surface area (Å²) in [5, 5.41) is 9.59. The summed E-state index contributed by atoms with van der Waals surface area (Å²) in [7, 11) is 0. The predicted octanol–water partition coefficient (Wildman–Crippen LogP) is 13.5. The lowest BCUT2D eigenvalue weighted by molar-refractivity contribution is -0.154. The fourth-order valence-corrected chi connectivity index (χ4v) is 5.81. The number of hydrogen-bond acceptors (Lipinski definition) is 4. The lowest BCUT2D eigenvalue weighted by Crippen LogP contribution is -2.27. The van der Waals surface area contributed by atoms with E-state index in [4.69, 9.17) is 9.47 Å². The molecule has 0 rings (SSSR count). The summed E-state index contributed by atoms with van der Waals surface area (Å²) in [6.45, 7) is 5.23. The van der Waals surface area contributed by atoms with Crippen LogP contribution in [-0.4, -0.2) is 37.0 Å². The summed E-state index contributed by atoms with van der Waals surface area (Å²) >= 11 is 0. The fraction of sp³-hybridized carbons (Fsp3) is 0.795. The molecule has 0 bridgehead atoms. The standard InChI is InChI=1S/C44H80O4/c1-3-5-7-9-11-13-15-17-19-21-22-24-26-28-30-32-34-36-38-40-47-42-43(41-45)48-44(46)39-37-35-33-31-29-27-25-23-20-18-16-14-12-10-8-6-4-2/h6,8,12,14,18-21,43,45H,3-5,7,9-11,13,15-17,22-42H2,1-2H3/b8-6-,14-12-,20-18-,21-19-. The van der Waals surface area contributed by atoms with Crippen molar-refractivity contribution in [3.63, 3.8) is 0 Å². The van der Waals surface area contributed by atoms with Gasteiger partial charge >= 0.3 is 5.97 Å². The van der Waals surface area contributed by atoms with Crippen LogP contribution in [0.25, 0.3) is 0 Å². The van der Waals surface area contributed by atoms with Crippen LogP contribution in [0.2, 0.25) is 0 Å². The molecule has 0 aliphatic rings. The van der Waals surface area contributed by atoms with Crippen molar-refractivity contribution in [2.75, 3.05) is 19.8 Å². The van der Waals surface area contributed by atoms with Crippen molar-refractivity contribution in [2.45, 2.75) is 206 Å². The summed E-state index contributed by atoms with van der Waals surface area (Å²) in [6, 6.07) is 0. The molecule has 280 valence electrons. The number of hydrogen-bond donors (Lipinski definition) is 1. The van der Waals surface area contributed by atoms with E-state index in [1.165, 1.54) is 141 Å². The fourth-order valence-electron chi connectivity index (χ4n) is 5.81. The molecule has 48 heavy (non-hydrogen) atoms. The first-order valence-electron chi connectivity index (χ1n) is 20.7. The number of carbonyl (C=O) groups is 1. The topological polar surface area (TPSA) is 55.8 Å². The Morgan fingerprint density at radius 3 is 1.44 bits per heavy atom. The van der Waals surface area contributed by atoms with Gasteiger partial charge in [0.2, 0.25) is 0 Å². The van der Waals surface area contributed by atoms with E-state index in [0.29, 0.717) is 13.0 Å². The highest BCUT2D eigenvalue weighted by Crippen LogP contribution is 2.13. The Morgan fingerprint density at radius 1 is 0.521 bits per heavy atom. The zero-order valence-corrected chi connectivity index (χ0v) is 32.0. The predicted molar refractivity (Wildman–Crippen MR) is 210 cm³/mol. The number of ether oxygens (including phenoxy) is 2. The smallest absolute Gasteiger partial charge is 0.306 e. The Bertz CT molecular complexity index is 753. The van der Waals surface area contributed by atoms with Crippen LogP contribution in [0.15, 0.2) is 48.6 Å². The molecule has 0 spiro atoms. The zero-order chi connectivity index (χ0) is 34.9. The van der Waals surface area contributed by atoms with Crippen LogP contribution >= 0.6 is 0 Å². The van der Waals surface area contributed by atoms with Gasteiger partial charge in [-0.1, -0.05) is 172 Å². The Labute approximate surface area is 299 Å². The molecule has 0 fully saturated rings. The van der Waals surface area contributed by atoms with Crippen LogP contribution in [-0.2, 0) is 14.3 Å². The zero-order valence-electron chi connectivity index (χ0n) is 32.0.